The van der Waals surface area contributed by atoms with Crippen LogP contribution in [0.1, 0.15) is 78.1 Å². The summed E-state index contributed by atoms with van der Waals surface area (Å²) in [5.74, 6) is -2.04. The van der Waals surface area contributed by atoms with Crippen molar-refractivity contribution in [3.8, 4) is 0 Å². The molecule has 23 heavy (non-hydrogen) atoms. The van der Waals surface area contributed by atoms with E-state index in [0.717, 1.165) is 51.4 Å². The monoisotopic (exact) mass is 329 g/mol. The molecule has 0 spiro atoms. The van der Waals surface area contributed by atoms with Gasteiger partial charge in [0, 0.05) is 12.8 Å². The summed E-state index contributed by atoms with van der Waals surface area (Å²) in [5.41, 5.74) is 0. The number of hydrogen-bond donors (Lipinski definition) is 3. The lowest BCUT2D eigenvalue weighted by molar-refractivity contribution is -0.143. The van der Waals surface area contributed by atoms with Gasteiger partial charge in [-0.2, -0.15) is 0 Å². The fourth-order valence-electron chi connectivity index (χ4n) is 2.38. The molecule has 0 fully saturated rings. The van der Waals surface area contributed by atoms with Crippen LogP contribution >= 0.6 is 0 Å². The molecule has 0 aliphatic carbocycles. The second-order valence-corrected chi connectivity index (χ2v) is 6.35. The molecule has 1 amide bonds. The van der Waals surface area contributed by atoms with Gasteiger partial charge in [0.05, 0.1) is 0 Å². The van der Waals surface area contributed by atoms with Gasteiger partial charge in [-0.15, -0.1) is 0 Å². The fourth-order valence-corrected chi connectivity index (χ4v) is 2.38. The summed E-state index contributed by atoms with van der Waals surface area (Å²) in [4.78, 5) is 33.0. The number of amides is 1. The van der Waals surface area contributed by atoms with Gasteiger partial charge >= 0.3 is 11.9 Å². The van der Waals surface area contributed by atoms with Crippen LogP contribution in [0.5, 0.6) is 0 Å². The molecule has 0 aromatic heterocycles. The van der Waals surface area contributed by atoms with E-state index in [1.165, 1.54) is 0 Å². The molecule has 0 saturated heterocycles. The molecule has 6 heteroatoms. The topological polar surface area (TPSA) is 104 Å². The van der Waals surface area contributed by atoms with E-state index in [1.54, 1.807) is 13.8 Å². The third kappa shape index (κ3) is 12.6. The molecule has 0 aromatic rings. The van der Waals surface area contributed by atoms with E-state index < -0.39 is 18.0 Å². The minimum absolute atomic E-state index is 0.127. The highest BCUT2D eigenvalue weighted by atomic mass is 16.4. The molecule has 6 nitrogen and oxygen atoms in total. The van der Waals surface area contributed by atoms with E-state index in [-0.39, 0.29) is 18.2 Å². The molecule has 134 valence electrons. The van der Waals surface area contributed by atoms with Gasteiger partial charge in [0.15, 0.2) is 0 Å². The number of carbonyl (C=O) groups is 3. The highest BCUT2D eigenvalue weighted by Gasteiger charge is 2.22. The molecular formula is C17H31NO5. The number of nitrogens with one attached hydrogen (secondary N) is 1. The number of hydrogen-bond acceptors (Lipinski definition) is 3. The second kappa shape index (κ2) is 12.9. The molecule has 0 radical (unpaired) electrons. The SMILES string of the molecule is CC(C)C(NC(=O)CCCCCCCCCCC(=O)O)C(=O)O. The Morgan fingerprint density at radius 2 is 1.22 bits per heavy atom. The minimum Gasteiger partial charge on any atom is -0.481 e. The lowest BCUT2D eigenvalue weighted by Gasteiger charge is -2.17. The Kier molecular flexibility index (Phi) is 12.0. The maximum atomic E-state index is 11.7. The van der Waals surface area contributed by atoms with Crippen molar-refractivity contribution in [2.45, 2.75) is 84.1 Å². The van der Waals surface area contributed by atoms with Gasteiger partial charge in [-0.25, -0.2) is 4.79 Å². The number of rotatable bonds is 14. The summed E-state index contributed by atoms with van der Waals surface area (Å²) >= 11 is 0. The predicted molar refractivity (Wildman–Crippen MR) is 88.2 cm³/mol. The van der Waals surface area contributed by atoms with Crippen molar-refractivity contribution in [1.82, 2.24) is 5.32 Å². The Morgan fingerprint density at radius 1 is 0.783 bits per heavy atom. The van der Waals surface area contributed by atoms with Gasteiger partial charge in [-0.05, 0) is 18.8 Å². The molecule has 0 bridgehead atoms. The predicted octanol–water partition coefficient (Wildman–Crippen LogP) is 3.20. The van der Waals surface area contributed by atoms with Crippen molar-refractivity contribution in [3.05, 3.63) is 0 Å². The molecule has 1 atom stereocenters. The molecule has 1 unspecified atom stereocenters. The summed E-state index contributed by atoms with van der Waals surface area (Å²) in [6.07, 6.45) is 8.37. The van der Waals surface area contributed by atoms with E-state index >= 15 is 0 Å². The molecule has 0 rings (SSSR count). The smallest absolute Gasteiger partial charge is 0.326 e. The average Bonchev–Trinajstić information content (AvgIpc) is 2.45. The quantitative estimate of drug-likeness (QED) is 0.425. The Balaban J connectivity index is 3.52. The van der Waals surface area contributed by atoms with Crippen LogP contribution in [0.25, 0.3) is 0 Å². The minimum atomic E-state index is -0.990. The largest absolute Gasteiger partial charge is 0.481 e. The molecule has 0 aliphatic heterocycles. The molecule has 0 saturated carbocycles. The van der Waals surface area contributed by atoms with Crippen LogP contribution in [-0.4, -0.2) is 34.1 Å². The molecule has 0 aliphatic rings. The third-order valence-electron chi connectivity index (χ3n) is 3.79. The normalized spacial score (nSPS) is 12.1. The highest BCUT2D eigenvalue weighted by molar-refractivity contribution is 5.83. The molecule has 3 N–H and O–H groups in total. The van der Waals surface area contributed by atoms with Crippen molar-refractivity contribution >= 4 is 17.8 Å². The first-order valence-electron chi connectivity index (χ1n) is 8.58. The molecular weight excluding hydrogens is 298 g/mol. The second-order valence-electron chi connectivity index (χ2n) is 6.35. The third-order valence-corrected chi connectivity index (χ3v) is 3.79. The zero-order valence-electron chi connectivity index (χ0n) is 14.3. The standard InChI is InChI=1S/C17H31NO5/c1-13(2)16(17(22)23)18-14(19)11-9-7-5-3-4-6-8-10-12-15(20)21/h13,16H,3-12H2,1-2H3,(H,18,19)(H,20,21)(H,22,23). The van der Waals surface area contributed by atoms with E-state index in [2.05, 4.69) is 5.32 Å². The number of unbranched alkanes of at least 4 members (excludes halogenated alkanes) is 7. The van der Waals surface area contributed by atoms with E-state index in [4.69, 9.17) is 10.2 Å². The summed E-state index contributed by atoms with van der Waals surface area (Å²) in [5, 5.41) is 20.1. The maximum absolute atomic E-state index is 11.7. The van der Waals surface area contributed by atoms with Crippen molar-refractivity contribution in [1.29, 1.82) is 0 Å². The fraction of sp³-hybridized carbons (Fsp3) is 0.824. The van der Waals surface area contributed by atoms with Gasteiger partial charge in [-0.1, -0.05) is 52.4 Å². The van der Waals surface area contributed by atoms with Crippen molar-refractivity contribution in [2.24, 2.45) is 5.92 Å². The maximum Gasteiger partial charge on any atom is 0.326 e. The zero-order chi connectivity index (χ0) is 17.7. The first-order valence-corrected chi connectivity index (χ1v) is 8.58. The van der Waals surface area contributed by atoms with Crippen molar-refractivity contribution in [3.63, 3.8) is 0 Å². The van der Waals surface area contributed by atoms with Crippen LogP contribution in [0.2, 0.25) is 0 Å². The zero-order valence-corrected chi connectivity index (χ0v) is 14.3. The first-order chi connectivity index (χ1) is 10.8. The lowest BCUT2D eigenvalue weighted by Crippen LogP contribution is -2.44. The molecule has 0 heterocycles. The van der Waals surface area contributed by atoms with Crippen LogP contribution in [0, 0.1) is 5.92 Å². The first kappa shape index (κ1) is 21.4. The van der Waals surface area contributed by atoms with Crippen LogP contribution < -0.4 is 5.32 Å². The summed E-state index contributed by atoms with van der Waals surface area (Å²) in [7, 11) is 0. The number of carbonyl (C=O) groups excluding carboxylic acids is 1. The van der Waals surface area contributed by atoms with E-state index in [9.17, 15) is 14.4 Å². The summed E-state index contributed by atoms with van der Waals surface area (Å²) in [6.45, 7) is 3.55. The summed E-state index contributed by atoms with van der Waals surface area (Å²) in [6, 6.07) is -0.812. The lowest BCUT2D eigenvalue weighted by atomic mass is 10.0. The Hall–Kier alpha value is -1.59. The van der Waals surface area contributed by atoms with Crippen molar-refractivity contribution in [2.75, 3.05) is 0 Å². The average molecular weight is 329 g/mol. The van der Waals surface area contributed by atoms with E-state index in [0.29, 0.717) is 6.42 Å². The number of carboxylic acid groups (broad SMARTS) is 2. The Bertz CT molecular complexity index is 368. The Labute approximate surface area is 138 Å². The van der Waals surface area contributed by atoms with Gasteiger partial charge in [0.25, 0.3) is 0 Å². The molecule has 0 aromatic carbocycles. The number of aliphatic carboxylic acids is 2. The van der Waals surface area contributed by atoms with Gasteiger partial charge in [0.2, 0.25) is 5.91 Å². The van der Waals surface area contributed by atoms with Crippen LogP contribution in [0.3, 0.4) is 0 Å². The van der Waals surface area contributed by atoms with E-state index in [1.807, 2.05) is 0 Å². The van der Waals surface area contributed by atoms with Crippen LogP contribution in [0.15, 0.2) is 0 Å². The van der Waals surface area contributed by atoms with Gasteiger partial charge in [-0.3, -0.25) is 9.59 Å². The van der Waals surface area contributed by atoms with Crippen LogP contribution in [-0.2, 0) is 14.4 Å². The Morgan fingerprint density at radius 3 is 1.61 bits per heavy atom. The number of carboxylic acids is 2. The van der Waals surface area contributed by atoms with Gasteiger partial charge in [0.1, 0.15) is 6.04 Å². The highest BCUT2D eigenvalue weighted by Crippen LogP contribution is 2.11. The van der Waals surface area contributed by atoms with Crippen molar-refractivity contribution < 1.29 is 24.6 Å². The summed E-state index contributed by atoms with van der Waals surface area (Å²) < 4.78 is 0. The van der Waals surface area contributed by atoms with Gasteiger partial charge < -0.3 is 15.5 Å². The van der Waals surface area contributed by atoms with Crippen LogP contribution in [0.4, 0.5) is 0 Å².